The standard InChI is InChI=1S/C7H13N3S/c1-4-5(2)6-8-7(11)10(3)9-6/h5H,4H2,1-3H3,(H,8,9,11). The second kappa shape index (κ2) is 3.17. The van der Waals surface area contributed by atoms with E-state index >= 15 is 0 Å². The maximum Gasteiger partial charge on any atom is 0.215 e. The molecule has 3 nitrogen and oxygen atoms in total. The van der Waals surface area contributed by atoms with Crippen LogP contribution >= 0.6 is 12.2 Å². The van der Waals surface area contributed by atoms with Crippen LogP contribution in [-0.4, -0.2) is 14.8 Å². The van der Waals surface area contributed by atoms with E-state index in [0.29, 0.717) is 10.7 Å². The van der Waals surface area contributed by atoms with Crippen LogP contribution in [0.25, 0.3) is 0 Å². The van der Waals surface area contributed by atoms with Gasteiger partial charge in [0.15, 0.2) is 0 Å². The van der Waals surface area contributed by atoms with Crippen LogP contribution in [0.1, 0.15) is 32.0 Å². The van der Waals surface area contributed by atoms with E-state index in [4.69, 9.17) is 12.2 Å². The second-order valence-electron chi connectivity index (χ2n) is 2.76. The molecule has 0 saturated carbocycles. The van der Waals surface area contributed by atoms with Gasteiger partial charge in [-0.1, -0.05) is 13.8 Å². The normalized spacial score (nSPS) is 13.4. The van der Waals surface area contributed by atoms with E-state index in [9.17, 15) is 0 Å². The Labute approximate surface area is 71.4 Å². The predicted molar refractivity (Wildman–Crippen MR) is 47.1 cm³/mol. The summed E-state index contributed by atoms with van der Waals surface area (Å²) < 4.78 is 2.39. The number of aryl methyl sites for hydroxylation is 1. The zero-order valence-electron chi connectivity index (χ0n) is 7.09. The molecule has 1 aromatic heterocycles. The van der Waals surface area contributed by atoms with E-state index in [-0.39, 0.29) is 0 Å². The lowest BCUT2D eigenvalue weighted by Gasteiger charge is -2.01. The summed E-state index contributed by atoms with van der Waals surface area (Å²) in [6.45, 7) is 4.27. The van der Waals surface area contributed by atoms with Crippen LogP contribution in [0.5, 0.6) is 0 Å². The monoisotopic (exact) mass is 171 g/mol. The van der Waals surface area contributed by atoms with Gasteiger partial charge in [0.1, 0.15) is 5.82 Å². The van der Waals surface area contributed by atoms with E-state index in [1.165, 1.54) is 0 Å². The number of aromatic nitrogens is 3. The van der Waals surface area contributed by atoms with Gasteiger partial charge in [0, 0.05) is 13.0 Å². The smallest absolute Gasteiger partial charge is 0.215 e. The third-order valence-corrected chi connectivity index (χ3v) is 2.23. The summed E-state index contributed by atoms with van der Waals surface area (Å²) in [7, 11) is 1.88. The van der Waals surface area contributed by atoms with Gasteiger partial charge in [0.05, 0.1) is 0 Å². The molecule has 0 aliphatic carbocycles. The fourth-order valence-corrected chi connectivity index (χ4v) is 0.980. The van der Waals surface area contributed by atoms with Crippen LogP contribution < -0.4 is 0 Å². The van der Waals surface area contributed by atoms with Crippen molar-refractivity contribution in [3.63, 3.8) is 0 Å². The quantitative estimate of drug-likeness (QED) is 0.690. The average molecular weight is 171 g/mol. The number of rotatable bonds is 2. The van der Waals surface area contributed by atoms with Crippen molar-refractivity contribution in [2.75, 3.05) is 0 Å². The van der Waals surface area contributed by atoms with Crippen molar-refractivity contribution in [1.29, 1.82) is 0 Å². The third kappa shape index (κ3) is 1.68. The molecular formula is C7H13N3S. The maximum absolute atomic E-state index is 4.96. The molecule has 0 amide bonds. The van der Waals surface area contributed by atoms with Crippen LogP contribution in [0.15, 0.2) is 0 Å². The van der Waals surface area contributed by atoms with Gasteiger partial charge in [-0.15, -0.1) is 0 Å². The average Bonchev–Trinajstić information content (AvgIpc) is 2.31. The molecule has 4 heteroatoms. The van der Waals surface area contributed by atoms with E-state index in [1.54, 1.807) is 4.68 Å². The zero-order chi connectivity index (χ0) is 8.43. The molecular weight excluding hydrogens is 158 g/mol. The van der Waals surface area contributed by atoms with Crippen molar-refractivity contribution < 1.29 is 0 Å². The highest BCUT2D eigenvalue weighted by Gasteiger charge is 2.06. The molecule has 0 saturated heterocycles. The molecule has 0 aliphatic rings. The van der Waals surface area contributed by atoms with E-state index in [0.717, 1.165) is 12.2 Å². The molecule has 1 atom stereocenters. The lowest BCUT2D eigenvalue weighted by atomic mass is 10.1. The number of aromatic amines is 1. The Morgan fingerprint density at radius 1 is 1.73 bits per heavy atom. The highest BCUT2D eigenvalue weighted by atomic mass is 32.1. The van der Waals surface area contributed by atoms with Gasteiger partial charge >= 0.3 is 0 Å². The summed E-state index contributed by atoms with van der Waals surface area (Å²) in [5.74, 6) is 1.46. The van der Waals surface area contributed by atoms with Crippen molar-refractivity contribution in [2.24, 2.45) is 7.05 Å². The summed E-state index contributed by atoms with van der Waals surface area (Å²) in [5, 5.41) is 3.10. The van der Waals surface area contributed by atoms with Crippen molar-refractivity contribution in [1.82, 2.24) is 14.8 Å². The Bertz CT molecular complexity index is 286. The van der Waals surface area contributed by atoms with Crippen LogP contribution in [0.4, 0.5) is 0 Å². The number of nitrogens with one attached hydrogen (secondary N) is 1. The summed E-state index contributed by atoms with van der Waals surface area (Å²) in [6, 6.07) is 0. The zero-order valence-corrected chi connectivity index (χ0v) is 7.90. The van der Waals surface area contributed by atoms with Gasteiger partial charge in [-0.25, -0.2) is 4.98 Å². The van der Waals surface area contributed by atoms with E-state index in [2.05, 4.69) is 23.9 Å². The fraction of sp³-hybridized carbons (Fsp3) is 0.714. The minimum atomic E-state index is 0.470. The topological polar surface area (TPSA) is 33.6 Å². The Balaban J connectivity index is 2.97. The van der Waals surface area contributed by atoms with Crippen molar-refractivity contribution in [3.05, 3.63) is 10.6 Å². The highest BCUT2D eigenvalue weighted by molar-refractivity contribution is 7.71. The van der Waals surface area contributed by atoms with Crippen LogP contribution in [0.3, 0.4) is 0 Å². The van der Waals surface area contributed by atoms with Gasteiger partial charge in [-0.2, -0.15) is 0 Å². The predicted octanol–water partition coefficient (Wildman–Crippen LogP) is 1.99. The van der Waals surface area contributed by atoms with Gasteiger partial charge < -0.3 is 0 Å². The minimum Gasteiger partial charge on any atom is -0.283 e. The van der Waals surface area contributed by atoms with Crippen molar-refractivity contribution >= 4 is 12.2 Å². The maximum atomic E-state index is 4.96. The number of hydrogen-bond acceptors (Lipinski definition) is 2. The van der Waals surface area contributed by atoms with Crippen molar-refractivity contribution in [2.45, 2.75) is 26.2 Å². The molecule has 0 fully saturated rings. The highest BCUT2D eigenvalue weighted by Crippen LogP contribution is 2.12. The summed E-state index contributed by atoms with van der Waals surface area (Å²) >= 11 is 4.96. The van der Waals surface area contributed by atoms with Crippen LogP contribution in [0.2, 0.25) is 0 Å². The van der Waals surface area contributed by atoms with Crippen molar-refractivity contribution in [3.8, 4) is 0 Å². The summed E-state index contributed by atoms with van der Waals surface area (Å²) in [6.07, 6.45) is 1.09. The minimum absolute atomic E-state index is 0.470. The molecule has 0 aliphatic heterocycles. The summed E-state index contributed by atoms with van der Waals surface area (Å²) in [5.41, 5.74) is 0. The summed E-state index contributed by atoms with van der Waals surface area (Å²) in [4.78, 5) is 4.20. The van der Waals surface area contributed by atoms with Crippen LogP contribution in [0, 0.1) is 4.77 Å². The largest absolute Gasteiger partial charge is 0.283 e. The molecule has 62 valence electrons. The first-order chi connectivity index (χ1) is 5.15. The molecule has 0 aromatic carbocycles. The van der Waals surface area contributed by atoms with E-state index in [1.807, 2.05) is 7.05 Å². The Morgan fingerprint density at radius 3 is 2.73 bits per heavy atom. The number of hydrogen-bond donors (Lipinski definition) is 1. The molecule has 0 spiro atoms. The first-order valence-corrected chi connectivity index (χ1v) is 4.19. The van der Waals surface area contributed by atoms with Gasteiger partial charge in [-0.3, -0.25) is 9.78 Å². The Kier molecular flexibility index (Phi) is 2.44. The molecule has 1 rings (SSSR count). The first kappa shape index (κ1) is 8.46. The van der Waals surface area contributed by atoms with Gasteiger partial charge in [0.25, 0.3) is 0 Å². The third-order valence-electron chi connectivity index (χ3n) is 1.86. The SMILES string of the molecule is CCC(C)c1nc(=S)n(C)[nH]1. The molecule has 1 unspecified atom stereocenters. The molecule has 0 radical (unpaired) electrons. The molecule has 0 bridgehead atoms. The molecule has 11 heavy (non-hydrogen) atoms. The van der Waals surface area contributed by atoms with E-state index < -0.39 is 0 Å². The second-order valence-corrected chi connectivity index (χ2v) is 3.12. The number of H-pyrrole nitrogens is 1. The van der Waals surface area contributed by atoms with Gasteiger partial charge in [-0.05, 0) is 18.6 Å². The first-order valence-electron chi connectivity index (χ1n) is 3.78. The van der Waals surface area contributed by atoms with Crippen LogP contribution in [-0.2, 0) is 7.05 Å². The Morgan fingerprint density at radius 2 is 2.36 bits per heavy atom. The molecule has 1 N–H and O–H groups in total. The van der Waals surface area contributed by atoms with Gasteiger partial charge in [0.2, 0.25) is 4.77 Å². The molecule has 1 aromatic rings. The Hall–Kier alpha value is -0.640. The fourth-order valence-electron chi connectivity index (χ4n) is 0.836. The molecule has 1 heterocycles. The lowest BCUT2D eigenvalue weighted by Crippen LogP contribution is -1.96. The lowest BCUT2D eigenvalue weighted by molar-refractivity contribution is 0.655. The number of nitrogens with zero attached hydrogens (tertiary/aromatic N) is 2.